The lowest BCUT2D eigenvalue weighted by Gasteiger charge is -2.23. The van der Waals surface area contributed by atoms with Crippen LogP contribution in [0.4, 0.5) is 0 Å². The summed E-state index contributed by atoms with van der Waals surface area (Å²) in [5.74, 6) is -0.662. The first kappa shape index (κ1) is 13.0. The maximum atomic E-state index is 11.4. The highest BCUT2D eigenvalue weighted by Crippen LogP contribution is 2.34. The largest absolute Gasteiger partial charge is 0.481 e. The van der Waals surface area contributed by atoms with Crippen molar-refractivity contribution >= 4 is 5.97 Å². The molecule has 0 aliphatic carbocycles. The van der Waals surface area contributed by atoms with Gasteiger partial charge in [0, 0.05) is 18.8 Å². The molecule has 1 N–H and O–H groups in total. The van der Waals surface area contributed by atoms with E-state index in [0.717, 1.165) is 30.9 Å². The summed E-state index contributed by atoms with van der Waals surface area (Å²) >= 11 is 0. The van der Waals surface area contributed by atoms with E-state index in [2.05, 4.69) is 9.88 Å². The summed E-state index contributed by atoms with van der Waals surface area (Å²) in [6, 6.07) is 5.97. The molecule has 4 nitrogen and oxygen atoms in total. The Morgan fingerprint density at radius 2 is 2.33 bits per heavy atom. The number of pyridine rings is 1. The fraction of sp³-hybridized carbons (Fsp3) is 0.571. The quantitative estimate of drug-likeness (QED) is 0.886. The molecule has 0 aromatic carbocycles. The van der Waals surface area contributed by atoms with Crippen molar-refractivity contribution in [3.8, 4) is 0 Å². The molecular weight excluding hydrogens is 228 g/mol. The van der Waals surface area contributed by atoms with Gasteiger partial charge in [-0.2, -0.15) is 0 Å². The van der Waals surface area contributed by atoms with Crippen LogP contribution >= 0.6 is 0 Å². The summed E-state index contributed by atoms with van der Waals surface area (Å²) in [4.78, 5) is 18.0. The van der Waals surface area contributed by atoms with Gasteiger partial charge in [-0.3, -0.25) is 14.7 Å². The molecule has 2 rings (SSSR count). The Balaban J connectivity index is 2.03. The van der Waals surface area contributed by atoms with Crippen LogP contribution in [0.5, 0.6) is 0 Å². The van der Waals surface area contributed by atoms with Gasteiger partial charge in [-0.25, -0.2) is 0 Å². The number of carbonyl (C=O) groups is 1. The highest BCUT2D eigenvalue weighted by molar-refractivity contribution is 5.75. The minimum atomic E-state index is -0.662. The number of likely N-dealkylation sites (tertiary alicyclic amines) is 1. The second kappa shape index (κ2) is 5.06. The Morgan fingerprint density at radius 1 is 1.56 bits per heavy atom. The van der Waals surface area contributed by atoms with Gasteiger partial charge in [-0.1, -0.05) is 13.0 Å². The fourth-order valence-corrected chi connectivity index (χ4v) is 2.62. The first-order valence-corrected chi connectivity index (χ1v) is 6.44. The highest BCUT2D eigenvalue weighted by Gasteiger charge is 2.43. The molecular formula is C14H20N2O2. The van der Waals surface area contributed by atoms with E-state index in [-0.39, 0.29) is 0 Å². The van der Waals surface area contributed by atoms with Gasteiger partial charge in [0.25, 0.3) is 0 Å². The number of nitrogens with zero attached hydrogens (tertiary/aromatic N) is 2. The number of carboxylic acid groups (broad SMARTS) is 1. The van der Waals surface area contributed by atoms with E-state index < -0.39 is 11.4 Å². The zero-order chi connectivity index (χ0) is 13.2. The first-order valence-electron chi connectivity index (χ1n) is 6.44. The van der Waals surface area contributed by atoms with Crippen LogP contribution in [-0.2, 0) is 11.3 Å². The van der Waals surface area contributed by atoms with Gasteiger partial charge in [0.1, 0.15) is 0 Å². The number of hydrogen-bond donors (Lipinski definition) is 1. The van der Waals surface area contributed by atoms with Gasteiger partial charge in [0.2, 0.25) is 0 Å². The number of aliphatic carboxylic acids is 1. The van der Waals surface area contributed by atoms with E-state index in [0.29, 0.717) is 13.0 Å². The summed E-state index contributed by atoms with van der Waals surface area (Å²) in [7, 11) is 0. The Morgan fingerprint density at radius 3 is 2.89 bits per heavy atom. The second-order valence-electron chi connectivity index (χ2n) is 5.17. The molecule has 0 saturated carbocycles. The third kappa shape index (κ3) is 2.53. The van der Waals surface area contributed by atoms with E-state index in [9.17, 15) is 9.90 Å². The molecule has 0 amide bonds. The van der Waals surface area contributed by atoms with Crippen molar-refractivity contribution in [1.82, 2.24) is 9.88 Å². The molecule has 1 atom stereocenters. The molecule has 98 valence electrons. The van der Waals surface area contributed by atoms with Crippen molar-refractivity contribution in [2.75, 3.05) is 13.1 Å². The molecule has 1 aliphatic rings. The predicted octanol–water partition coefficient (Wildman–Crippen LogP) is 2.08. The molecule has 2 heterocycles. The smallest absolute Gasteiger partial charge is 0.310 e. The van der Waals surface area contributed by atoms with Gasteiger partial charge >= 0.3 is 5.97 Å². The molecule has 0 bridgehead atoms. The Kier molecular flexibility index (Phi) is 3.66. The van der Waals surface area contributed by atoms with Crippen LogP contribution < -0.4 is 0 Å². The lowest BCUT2D eigenvalue weighted by Crippen LogP contribution is -2.34. The lowest BCUT2D eigenvalue weighted by atomic mass is 9.84. The van der Waals surface area contributed by atoms with Gasteiger partial charge in [-0.05, 0) is 38.4 Å². The van der Waals surface area contributed by atoms with Gasteiger partial charge < -0.3 is 5.11 Å². The number of aryl methyl sites for hydroxylation is 1. The van der Waals surface area contributed by atoms with Gasteiger partial charge in [0.05, 0.1) is 11.1 Å². The molecule has 0 radical (unpaired) electrons. The van der Waals surface area contributed by atoms with Crippen molar-refractivity contribution in [2.24, 2.45) is 5.41 Å². The summed E-state index contributed by atoms with van der Waals surface area (Å²) < 4.78 is 0. The predicted molar refractivity (Wildman–Crippen MR) is 69.2 cm³/mol. The lowest BCUT2D eigenvalue weighted by molar-refractivity contribution is -0.148. The number of aromatic nitrogens is 1. The summed E-state index contributed by atoms with van der Waals surface area (Å²) in [5, 5.41) is 9.35. The number of carboxylic acids is 1. The van der Waals surface area contributed by atoms with Crippen molar-refractivity contribution in [2.45, 2.75) is 33.2 Å². The van der Waals surface area contributed by atoms with Crippen molar-refractivity contribution < 1.29 is 9.90 Å². The topological polar surface area (TPSA) is 53.4 Å². The summed E-state index contributed by atoms with van der Waals surface area (Å²) in [5.41, 5.74) is 1.48. The van der Waals surface area contributed by atoms with Gasteiger partial charge in [0.15, 0.2) is 0 Å². The van der Waals surface area contributed by atoms with Crippen molar-refractivity contribution in [3.63, 3.8) is 0 Å². The molecule has 4 heteroatoms. The standard InChI is InChI=1S/C14H20N2O2/c1-3-14(13(17)18)7-8-16(10-14)9-12-6-4-5-11(2)15-12/h4-6H,3,7-10H2,1-2H3,(H,17,18). The Hall–Kier alpha value is -1.42. The molecule has 0 spiro atoms. The van der Waals surface area contributed by atoms with E-state index in [1.54, 1.807) is 0 Å². The van der Waals surface area contributed by atoms with E-state index in [1.807, 2.05) is 32.0 Å². The second-order valence-corrected chi connectivity index (χ2v) is 5.17. The third-order valence-electron chi connectivity index (χ3n) is 3.89. The highest BCUT2D eigenvalue weighted by atomic mass is 16.4. The normalized spacial score (nSPS) is 24.3. The molecule has 1 aromatic heterocycles. The van der Waals surface area contributed by atoms with E-state index >= 15 is 0 Å². The average Bonchev–Trinajstić information content (AvgIpc) is 2.74. The van der Waals surface area contributed by atoms with Crippen LogP contribution in [0.1, 0.15) is 31.2 Å². The van der Waals surface area contributed by atoms with Crippen LogP contribution in [-0.4, -0.2) is 34.0 Å². The van der Waals surface area contributed by atoms with Crippen LogP contribution in [0.2, 0.25) is 0 Å². The first-order chi connectivity index (χ1) is 8.55. The van der Waals surface area contributed by atoms with Crippen LogP contribution in [0, 0.1) is 12.3 Å². The summed E-state index contributed by atoms with van der Waals surface area (Å²) in [6.07, 6.45) is 1.44. The average molecular weight is 248 g/mol. The molecule has 1 saturated heterocycles. The maximum Gasteiger partial charge on any atom is 0.310 e. The fourth-order valence-electron chi connectivity index (χ4n) is 2.62. The zero-order valence-corrected chi connectivity index (χ0v) is 11.0. The summed E-state index contributed by atoms with van der Waals surface area (Å²) in [6.45, 7) is 6.16. The maximum absolute atomic E-state index is 11.4. The SMILES string of the molecule is CCC1(C(=O)O)CCN(Cc2cccc(C)n2)C1. The molecule has 1 aromatic rings. The minimum absolute atomic E-state index is 0.552. The molecule has 1 aliphatic heterocycles. The van der Waals surface area contributed by atoms with Crippen molar-refractivity contribution in [1.29, 1.82) is 0 Å². The Bertz CT molecular complexity index is 447. The van der Waals surface area contributed by atoms with E-state index in [4.69, 9.17) is 0 Å². The zero-order valence-electron chi connectivity index (χ0n) is 11.0. The minimum Gasteiger partial charge on any atom is -0.481 e. The molecule has 1 fully saturated rings. The number of hydrogen-bond acceptors (Lipinski definition) is 3. The van der Waals surface area contributed by atoms with Crippen LogP contribution in [0.3, 0.4) is 0 Å². The monoisotopic (exact) mass is 248 g/mol. The van der Waals surface area contributed by atoms with E-state index in [1.165, 1.54) is 0 Å². The number of rotatable bonds is 4. The van der Waals surface area contributed by atoms with Crippen LogP contribution in [0.15, 0.2) is 18.2 Å². The molecule has 1 unspecified atom stereocenters. The Labute approximate surface area is 108 Å². The third-order valence-corrected chi connectivity index (χ3v) is 3.89. The van der Waals surface area contributed by atoms with Crippen LogP contribution in [0.25, 0.3) is 0 Å². The molecule has 18 heavy (non-hydrogen) atoms. The van der Waals surface area contributed by atoms with Crippen molar-refractivity contribution in [3.05, 3.63) is 29.6 Å². The van der Waals surface area contributed by atoms with Gasteiger partial charge in [-0.15, -0.1) is 0 Å².